The fourth-order valence-electron chi connectivity index (χ4n) is 2.76. The quantitative estimate of drug-likeness (QED) is 0.938. The van der Waals surface area contributed by atoms with E-state index in [9.17, 15) is 9.59 Å². The Bertz CT molecular complexity index is 727. The molecule has 1 saturated heterocycles. The van der Waals surface area contributed by atoms with Crippen LogP contribution < -0.4 is 10.2 Å². The summed E-state index contributed by atoms with van der Waals surface area (Å²) in [7, 11) is 0. The van der Waals surface area contributed by atoms with Gasteiger partial charge in [-0.05, 0) is 25.5 Å². The molecule has 1 aliphatic rings. The first kappa shape index (κ1) is 15.7. The van der Waals surface area contributed by atoms with Gasteiger partial charge >= 0.3 is 0 Å². The molecule has 0 radical (unpaired) electrons. The van der Waals surface area contributed by atoms with Gasteiger partial charge in [-0.15, -0.1) is 11.3 Å². The number of para-hydroxylation sites is 1. The van der Waals surface area contributed by atoms with Gasteiger partial charge in [0.2, 0.25) is 11.8 Å². The van der Waals surface area contributed by atoms with Gasteiger partial charge in [-0.25, -0.2) is 4.98 Å². The lowest BCUT2D eigenvalue weighted by Gasteiger charge is -2.16. The third kappa shape index (κ3) is 3.27. The number of nitrogens with zero attached hydrogens (tertiary/aromatic N) is 2. The second-order valence-corrected chi connectivity index (χ2v) is 6.81. The van der Waals surface area contributed by atoms with Gasteiger partial charge in [0, 0.05) is 23.5 Å². The van der Waals surface area contributed by atoms with E-state index in [-0.39, 0.29) is 24.2 Å². The van der Waals surface area contributed by atoms with Gasteiger partial charge in [-0.3, -0.25) is 9.59 Å². The van der Waals surface area contributed by atoms with Crippen molar-refractivity contribution in [2.45, 2.75) is 26.7 Å². The Kier molecular flexibility index (Phi) is 4.43. The number of thiazole rings is 1. The first-order valence-electron chi connectivity index (χ1n) is 7.71. The number of carbonyl (C=O) groups is 2. The van der Waals surface area contributed by atoms with Crippen LogP contribution in [-0.2, 0) is 16.0 Å². The van der Waals surface area contributed by atoms with Crippen molar-refractivity contribution in [3.05, 3.63) is 40.9 Å². The second kappa shape index (κ2) is 6.50. The van der Waals surface area contributed by atoms with E-state index < -0.39 is 0 Å². The van der Waals surface area contributed by atoms with Crippen LogP contribution in [0.5, 0.6) is 0 Å². The highest BCUT2D eigenvalue weighted by atomic mass is 32.1. The van der Waals surface area contributed by atoms with Crippen molar-refractivity contribution in [1.29, 1.82) is 0 Å². The smallest absolute Gasteiger partial charge is 0.231 e. The highest BCUT2D eigenvalue weighted by molar-refractivity contribution is 7.15. The summed E-state index contributed by atoms with van der Waals surface area (Å²) < 4.78 is 0. The maximum absolute atomic E-state index is 12.4. The van der Waals surface area contributed by atoms with Gasteiger partial charge < -0.3 is 10.2 Å². The topological polar surface area (TPSA) is 62.3 Å². The first-order chi connectivity index (χ1) is 11.1. The lowest BCUT2D eigenvalue weighted by molar-refractivity contribution is -0.122. The molecule has 1 atom stereocenters. The molecule has 23 heavy (non-hydrogen) atoms. The Morgan fingerprint density at radius 1 is 1.39 bits per heavy atom. The van der Waals surface area contributed by atoms with Crippen molar-refractivity contribution in [1.82, 2.24) is 4.98 Å². The van der Waals surface area contributed by atoms with E-state index in [0.717, 1.165) is 22.7 Å². The predicted octanol–water partition coefficient (Wildman–Crippen LogP) is 3.01. The van der Waals surface area contributed by atoms with E-state index in [2.05, 4.69) is 10.3 Å². The number of hydrogen-bond donors (Lipinski definition) is 1. The zero-order chi connectivity index (χ0) is 16.4. The minimum absolute atomic E-state index is 0.0130. The minimum Gasteiger partial charge on any atom is -0.312 e. The van der Waals surface area contributed by atoms with Gasteiger partial charge in [0.05, 0.1) is 11.6 Å². The van der Waals surface area contributed by atoms with Crippen molar-refractivity contribution >= 4 is 34.0 Å². The molecule has 120 valence electrons. The molecule has 2 aromatic rings. The number of nitrogens with one attached hydrogen (secondary N) is 1. The largest absolute Gasteiger partial charge is 0.312 e. The third-order valence-electron chi connectivity index (χ3n) is 4.02. The van der Waals surface area contributed by atoms with E-state index in [1.165, 1.54) is 11.3 Å². The Morgan fingerprint density at radius 2 is 2.13 bits per heavy atom. The maximum Gasteiger partial charge on any atom is 0.231 e. The number of aryl methyl sites for hydroxylation is 2. The minimum atomic E-state index is -0.336. The van der Waals surface area contributed by atoms with Gasteiger partial charge in [0.15, 0.2) is 5.13 Å². The molecule has 5 nitrogen and oxygen atoms in total. The maximum atomic E-state index is 12.4. The van der Waals surface area contributed by atoms with Crippen LogP contribution in [0.2, 0.25) is 0 Å². The molecule has 0 bridgehead atoms. The number of amides is 2. The SMILES string of the molecule is CCc1nc(NC(=O)[C@H]2CC(=O)N(c3ccccc3)C2)sc1C. The van der Waals surface area contributed by atoms with E-state index in [1.807, 2.05) is 44.2 Å². The molecule has 1 fully saturated rings. The molecule has 6 heteroatoms. The second-order valence-electron chi connectivity index (χ2n) is 5.61. The van der Waals surface area contributed by atoms with Crippen molar-refractivity contribution in [3.63, 3.8) is 0 Å². The fraction of sp³-hybridized carbons (Fsp3) is 0.353. The van der Waals surface area contributed by atoms with Crippen molar-refractivity contribution in [2.75, 3.05) is 16.8 Å². The summed E-state index contributed by atoms with van der Waals surface area (Å²) in [6.07, 6.45) is 1.09. The van der Waals surface area contributed by atoms with E-state index in [1.54, 1.807) is 4.90 Å². The average molecular weight is 329 g/mol. The molecule has 1 aliphatic heterocycles. The zero-order valence-electron chi connectivity index (χ0n) is 13.2. The van der Waals surface area contributed by atoms with E-state index in [0.29, 0.717) is 11.7 Å². The summed E-state index contributed by atoms with van der Waals surface area (Å²) in [5, 5.41) is 3.48. The number of carbonyl (C=O) groups excluding carboxylic acids is 2. The third-order valence-corrected chi connectivity index (χ3v) is 4.95. The van der Waals surface area contributed by atoms with Crippen LogP contribution in [0.25, 0.3) is 0 Å². The molecule has 3 rings (SSSR count). The number of rotatable bonds is 4. The molecule has 0 spiro atoms. The fourth-order valence-corrected chi connectivity index (χ4v) is 3.66. The van der Waals surface area contributed by atoms with Crippen LogP contribution in [0.3, 0.4) is 0 Å². The molecular weight excluding hydrogens is 310 g/mol. The lowest BCUT2D eigenvalue weighted by atomic mass is 10.1. The number of aromatic nitrogens is 1. The number of benzene rings is 1. The summed E-state index contributed by atoms with van der Waals surface area (Å²) in [4.78, 5) is 31.8. The summed E-state index contributed by atoms with van der Waals surface area (Å²) >= 11 is 1.48. The van der Waals surface area contributed by atoms with Crippen LogP contribution in [0.15, 0.2) is 30.3 Å². The molecule has 2 amide bonds. The monoisotopic (exact) mass is 329 g/mol. The molecule has 0 aliphatic carbocycles. The average Bonchev–Trinajstić information content (AvgIpc) is 3.11. The van der Waals surface area contributed by atoms with Gasteiger partial charge in [0.1, 0.15) is 0 Å². The van der Waals surface area contributed by atoms with E-state index in [4.69, 9.17) is 0 Å². The summed E-state index contributed by atoms with van der Waals surface area (Å²) in [5.74, 6) is -0.480. The summed E-state index contributed by atoms with van der Waals surface area (Å²) in [6.45, 7) is 4.46. The Balaban J connectivity index is 1.68. The van der Waals surface area contributed by atoms with Gasteiger partial charge in [0.25, 0.3) is 0 Å². The van der Waals surface area contributed by atoms with Gasteiger partial charge in [-0.1, -0.05) is 25.1 Å². The van der Waals surface area contributed by atoms with E-state index >= 15 is 0 Å². The van der Waals surface area contributed by atoms with Crippen molar-refractivity contribution in [2.24, 2.45) is 5.92 Å². The van der Waals surface area contributed by atoms with Crippen molar-refractivity contribution < 1.29 is 9.59 Å². The molecule has 0 unspecified atom stereocenters. The number of anilines is 2. The Morgan fingerprint density at radius 3 is 2.78 bits per heavy atom. The molecule has 0 saturated carbocycles. The van der Waals surface area contributed by atoms with Crippen LogP contribution in [0.4, 0.5) is 10.8 Å². The molecule has 1 aromatic heterocycles. The van der Waals surface area contributed by atoms with Crippen LogP contribution in [0.1, 0.15) is 23.9 Å². The summed E-state index contributed by atoms with van der Waals surface area (Å²) in [5.41, 5.74) is 1.85. The van der Waals surface area contributed by atoms with Crippen LogP contribution >= 0.6 is 11.3 Å². The molecular formula is C17H19N3O2S. The zero-order valence-corrected chi connectivity index (χ0v) is 14.0. The first-order valence-corrected chi connectivity index (χ1v) is 8.52. The van der Waals surface area contributed by atoms with Crippen molar-refractivity contribution in [3.8, 4) is 0 Å². The highest BCUT2D eigenvalue weighted by Crippen LogP contribution is 2.27. The Labute approximate surface area is 139 Å². The lowest BCUT2D eigenvalue weighted by Crippen LogP contribution is -2.28. The molecule has 1 aromatic carbocycles. The normalized spacial score (nSPS) is 17.6. The van der Waals surface area contributed by atoms with Crippen LogP contribution in [-0.4, -0.2) is 23.3 Å². The standard InChI is InChI=1S/C17H19N3O2S/c1-3-14-11(2)23-17(18-14)19-16(22)12-9-15(21)20(10-12)13-7-5-4-6-8-13/h4-8,12H,3,9-10H2,1-2H3,(H,18,19,22)/t12-/m0/s1. The van der Waals surface area contributed by atoms with Gasteiger partial charge in [-0.2, -0.15) is 0 Å². The molecule has 1 N–H and O–H groups in total. The predicted molar refractivity (Wildman–Crippen MR) is 91.8 cm³/mol. The molecule has 2 heterocycles. The highest BCUT2D eigenvalue weighted by Gasteiger charge is 2.35. The van der Waals surface area contributed by atoms with Crippen LogP contribution in [0, 0.1) is 12.8 Å². The number of hydrogen-bond acceptors (Lipinski definition) is 4. The summed E-state index contributed by atoms with van der Waals surface area (Å²) in [6, 6.07) is 9.46. The Hall–Kier alpha value is -2.21.